The Morgan fingerprint density at radius 1 is 1.00 bits per heavy atom. The topological polar surface area (TPSA) is 46.5 Å². The zero-order valence-electron chi connectivity index (χ0n) is 13.8. The van der Waals surface area contributed by atoms with Gasteiger partial charge in [0, 0.05) is 6.42 Å². The molecule has 122 valence electrons. The van der Waals surface area contributed by atoms with E-state index >= 15 is 0 Å². The Morgan fingerprint density at radius 2 is 1.75 bits per heavy atom. The first-order chi connectivity index (χ1) is 11.5. The van der Waals surface area contributed by atoms with E-state index in [0.717, 1.165) is 21.9 Å². The lowest BCUT2D eigenvalue weighted by atomic mass is 10.0. The summed E-state index contributed by atoms with van der Waals surface area (Å²) in [6.45, 7) is 4.02. The van der Waals surface area contributed by atoms with Gasteiger partial charge in [-0.15, -0.1) is 0 Å². The molecular weight excluding hydrogens is 300 g/mol. The van der Waals surface area contributed by atoms with E-state index in [9.17, 15) is 9.90 Å². The van der Waals surface area contributed by atoms with Gasteiger partial charge in [-0.1, -0.05) is 54.1 Å². The van der Waals surface area contributed by atoms with Crippen molar-refractivity contribution in [2.75, 3.05) is 0 Å². The number of aryl methyl sites for hydroxylation is 2. The minimum Gasteiger partial charge on any atom is -0.478 e. The predicted molar refractivity (Wildman–Crippen MR) is 95.6 cm³/mol. The van der Waals surface area contributed by atoms with Gasteiger partial charge < -0.3 is 9.84 Å². The SMILES string of the molecule is Cc1ccc(CC(Oc2ccc3ccccc3c2)C(=O)O)c(C)c1. The summed E-state index contributed by atoms with van der Waals surface area (Å²) >= 11 is 0. The molecule has 0 aliphatic carbocycles. The van der Waals surface area contributed by atoms with Crippen molar-refractivity contribution in [3.8, 4) is 5.75 Å². The van der Waals surface area contributed by atoms with Crippen molar-refractivity contribution in [1.82, 2.24) is 0 Å². The summed E-state index contributed by atoms with van der Waals surface area (Å²) in [6, 6.07) is 19.6. The molecule has 1 N–H and O–H groups in total. The molecule has 3 aromatic rings. The van der Waals surface area contributed by atoms with Gasteiger partial charge in [-0.05, 0) is 47.9 Å². The number of carbonyl (C=O) groups is 1. The molecule has 0 amide bonds. The van der Waals surface area contributed by atoms with Crippen LogP contribution in [0.15, 0.2) is 60.7 Å². The van der Waals surface area contributed by atoms with Crippen LogP contribution in [0.4, 0.5) is 0 Å². The van der Waals surface area contributed by atoms with E-state index in [1.807, 2.05) is 68.4 Å². The van der Waals surface area contributed by atoms with Crippen molar-refractivity contribution in [3.05, 3.63) is 77.4 Å². The van der Waals surface area contributed by atoms with Crippen molar-refractivity contribution < 1.29 is 14.6 Å². The highest BCUT2D eigenvalue weighted by Crippen LogP contribution is 2.23. The molecule has 0 aliphatic rings. The lowest BCUT2D eigenvalue weighted by Crippen LogP contribution is -2.29. The van der Waals surface area contributed by atoms with Crippen molar-refractivity contribution >= 4 is 16.7 Å². The molecule has 3 nitrogen and oxygen atoms in total. The fourth-order valence-electron chi connectivity index (χ4n) is 2.86. The van der Waals surface area contributed by atoms with Gasteiger partial charge in [-0.3, -0.25) is 0 Å². The quantitative estimate of drug-likeness (QED) is 0.751. The standard InChI is InChI=1S/C21H20O3/c1-14-7-8-17(15(2)11-14)13-20(21(22)23)24-19-10-9-16-5-3-4-6-18(16)12-19/h3-12,20H,13H2,1-2H3,(H,22,23). The number of carboxylic acids is 1. The third-order valence-corrected chi connectivity index (χ3v) is 4.18. The molecule has 0 bridgehead atoms. The Morgan fingerprint density at radius 3 is 2.46 bits per heavy atom. The first kappa shape index (κ1) is 16.1. The van der Waals surface area contributed by atoms with Crippen molar-refractivity contribution in [2.45, 2.75) is 26.4 Å². The maximum Gasteiger partial charge on any atom is 0.345 e. The van der Waals surface area contributed by atoms with Crippen LogP contribution in [-0.4, -0.2) is 17.2 Å². The van der Waals surface area contributed by atoms with E-state index in [4.69, 9.17) is 4.74 Å². The monoisotopic (exact) mass is 320 g/mol. The van der Waals surface area contributed by atoms with Crippen molar-refractivity contribution in [3.63, 3.8) is 0 Å². The van der Waals surface area contributed by atoms with Crippen LogP contribution in [0.25, 0.3) is 10.8 Å². The zero-order valence-corrected chi connectivity index (χ0v) is 13.8. The van der Waals surface area contributed by atoms with Crippen LogP contribution in [0, 0.1) is 13.8 Å². The Kier molecular flexibility index (Phi) is 4.52. The van der Waals surface area contributed by atoms with E-state index in [0.29, 0.717) is 12.2 Å². The fraction of sp³-hybridized carbons (Fsp3) is 0.190. The molecule has 0 aromatic heterocycles. The molecule has 3 aromatic carbocycles. The number of benzene rings is 3. The van der Waals surface area contributed by atoms with E-state index < -0.39 is 12.1 Å². The number of carboxylic acid groups (broad SMARTS) is 1. The van der Waals surface area contributed by atoms with Gasteiger partial charge in [0.15, 0.2) is 6.10 Å². The highest BCUT2D eigenvalue weighted by atomic mass is 16.5. The molecule has 3 heteroatoms. The van der Waals surface area contributed by atoms with Gasteiger partial charge in [-0.2, -0.15) is 0 Å². The maximum atomic E-state index is 11.6. The molecule has 0 saturated carbocycles. The number of hydrogen-bond acceptors (Lipinski definition) is 2. The molecule has 0 saturated heterocycles. The summed E-state index contributed by atoms with van der Waals surface area (Å²) in [5.41, 5.74) is 3.25. The Bertz CT molecular complexity index is 883. The van der Waals surface area contributed by atoms with Gasteiger partial charge in [0.25, 0.3) is 0 Å². The average Bonchev–Trinajstić information content (AvgIpc) is 2.56. The second-order valence-corrected chi connectivity index (χ2v) is 6.09. The largest absolute Gasteiger partial charge is 0.478 e. The maximum absolute atomic E-state index is 11.6. The summed E-state index contributed by atoms with van der Waals surface area (Å²) in [5, 5.41) is 11.7. The first-order valence-electron chi connectivity index (χ1n) is 7.97. The lowest BCUT2D eigenvalue weighted by Gasteiger charge is -2.17. The number of ether oxygens (including phenoxy) is 1. The Hall–Kier alpha value is -2.81. The highest BCUT2D eigenvalue weighted by Gasteiger charge is 2.21. The molecule has 1 unspecified atom stereocenters. The van der Waals surface area contributed by atoms with Gasteiger partial charge in [0.2, 0.25) is 0 Å². The van der Waals surface area contributed by atoms with Crippen molar-refractivity contribution in [2.24, 2.45) is 0 Å². The van der Waals surface area contributed by atoms with E-state index in [1.165, 1.54) is 5.56 Å². The van der Waals surface area contributed by atoms with Crippen LogP contribution >= 0.6 is 0 Å². The predicted octanol–water partition coefficient (Wildman–Crippen LogP) is 4.53. The minimum absolute atomic E-state index is 0.342. The average molecular weight is 320 g/mol. The van der Waals surface area contributed by atoms with Crippen LogP contribution in [0.3, 0.4) is 0 Å². The molecular formula is C21H20O3. The fourth-order valence-corrected chi connectivity index (χ4v) is 2.86. The van der Waals surface area contributed by atoms with Gasteiger partial charge in [0.05, 0.1) is 0 Å². The Labute approximate surface area is 141 Å². The third kappa shape index (κ3) is 3.57. The molecule has 0 aliphatic heterocycles. The number of rotatable bonds is 5. The van der Waals surface area contributed by atoms with E-state index in [-0.39, 0.29) is 0 Å². The molecule has 24 heavy (non-hydrogen) atoms. The zero-order chi connectivity index (χ0) is 17.1. The highest BCUT2D eigenvalue weighted by molar-refractivity contribution is 5.84. The Balaban J connectivity index is 1.83. The van der Waals surface area contributed by atoms with Crippen LogP contribution in [0.2, 0.25) is 0 Å². The molecule has 0 spiro atoms. The molecule has 0 heterocycles. The van der Waals surface area contributed by atoms with Gasteiger partial charge in [-0.25, -0.2) is 4.79 Å². The minimum atomic E-state index is -0.955. The van der Waals surface area contributed by atoms with E-state index in [2.05, 4.69) is 6.07 Å². The summed E-state index contributed by atoms with van der Waals surface area (Å²) in [6.07, 6.45) is -0.568. The molecule has 1 atom stereocenters. The smallest absolute Gasteiger partial charge is 0.345 e. The number of aliphatic carboxylic acids is 1. The van der Waals surface area contributed by atoms with Crippen LogP contribution in [0.1, 0.15) is 16.7 Å². The summed E-state index contributed by atoms with van der Waals surface area (Å²) < 4.78 is 5.77. The van der Waals surface area contributed by atoms with Gasteiger partial charge >= 0.3 is 5.97 Å². The van der Waals surface area contributed by atoms with Crippen LogP contribution < -0.4 is 4.74 Å². The summed E-state index contributed by atoms with van der Waals surface area (Å²) in [5.74, 6) is -0.381. The second-order valence-electron chi connectivity index (χ2n) is 6.09. The number of hydrogen-bond donors (Lipinski definition) is 1. The van der Waals surface area contributed by atoms with Crippen LogP contribution in [-0.2, 0) is 11.2 Å². The van der Waals surface area contributed by atoms with Crippen molar-refractivity contribution in [1.29, 1.82) is 0 Å². The number of fused-ring (bicyclic) bond motifs is 1. The molecule has 3 rings (SSSR count). The second kappa shape index (κ2) is 6.75. The summed E-state index contributed by atoms with van der Waals surface area (Å²) in [4.78, 5) is 11.6. The lowest BCUT2D eigenvalue weighted by molar-refractivity contribution is -0.145. The van der Waals surface area contributed by atoms with E-state index in [1.54, 1.807) is 0 Å². The molecule has 0 fully saturated rings. The van der Waals surface area contributed by atoms with Crippen LogP contribution in [0.5, 0.6) is 5.75 Å². The summed E-state index contributed by atoms with van der Waals surface area (Å²) in [7, 11) is 0. The molecule has 0 radical (unpaired) electrons. The normalized spacial score (nSPS) is 12.1. The third-order valence-electron chi connectivity index (χ3n) is 4.18. The first-order valence-corrected chi connectivity index (χ1v) is 7.97. The van der Waals surface area contributed by atoms with Gasteiger partial charge in [0.1, 0.15) is 5.75 Å².